The van der Waals surface area contributed by atoms with Crippen molar-refractivity contribution >= 4 is 22.5 Å². The summed E-state index contributed by atoms with van der Waals surface area (Å²) in [5, 5.41) is 7.81. The van der Waals surface area contributed by atoms with Gasteiger partial charge in [-0.25, -0.2) is 0 Å². The third-order valence-electron chi connectivity index (χ3n) is 5.33. The van der Waals surface area contributed by atoms with E-state index < -0.39 is 0 Å². The monoisotopic (exact) mass is 362 g/mol. The summed E-state index contributed by atoms with van der Waals surface area (Å²) in [7, 11) is 0. The van der Waals surface area contributed by atoms with Crippen molar-refractivity contribution in [1.29, 1.82) is 0 Å². The van der Waals surface area contributed by atoms with E-state index in [1.54, 1.807) is 6.20 Å². The first-order valence-corrected chi connectivity index (χ1v) is 9.85. The fourth-order valence-electron chi connectivity index (χ4n) is 3.85. The van der Waals surface area contributed by atoms with Gasteiger partial charge in [-0.05, 0) is 43.0 Å². The Morgan fingerprint density at radius 3 is 2.89 bits per heavy atom. The number of hydrogen-bond donors (Lipinski definition) is 3. The summed E-state index contributed by atoms with van der Waals surface area (Å²) in [6, 6.07) is 12.4. The average molecular weight is 362 g/mol. The van der Waals surface area contributed by atoms with Gasteiger partial charge in [0, 0.05) is 41.6 Å². The molecule has 5 nitrogen and oxygen atoms in total. The zero-order valence-corrected chi connectivity index (χ0v) is 15.5. The van der Waals surface area contributed by atoms with E-state index in [0.717, 1.165) is 37.0 Å². The molecule has 1 aliphatic carbocycles. The van der Waals surface area contributed by atoms with Gasteiger partial charge in [0.1, 0.15) is 5.69 Å². The number of H-pyrrole nitrogens is 1. The lowest BCUT2D eigenvalue weighted by atomic mass is 9.95. The molecule has 0 bridgehead atoms. The van der Waals surface area contributed by atoms with E-state index >= 15 is 0 Å². The number of fused-ring (bicyclic) bond motifs is 1. The summed E-state index contributed by atoms with van der Waals surface area (Å²) in [6.07, 6.45) is 10.5. The average Bonchev–Trinajstić information content (AvgIpc) is 3.12. The first kappa shape index (κ1) is 17.6. The molecule has 0 saturated heterocycles. The van der Waals surface area contributed by atoms with E-state index in [9.17, 15) is 4.79 Å². The van der Waals surface area contributed by atoms with Crippen LogP contribution in [0.5, 0.6) is 0 Å². The van der Waals surface area contributed by atoms with Crippen LogP contribution in [-0.4, -0.2) is 28.5 Å². The van der Waals surface area contributed by atoms with Gasteiger partial charge < -0.3 is 15.6 Å². The van der Waals surface area contributed by atoms with Gasteiger partial charge in [0.05, 0.1) is 0 Å². The van der Waals surface area contributed by atoms with Gasteiger partial charge in [0.25, 0.3) is 5.91 Å². The molecule has 3 aromatic rings. The lowest BCUT2D eigenvalue weighted by Gasteiger charge is -2.22. The van der Waals surface area contributed by atoms with Crippen molar-refractivity contribution in [3.8, 4) is 0 Å². The summed E-state index contributed by atoms with van der Waals surface area (Å²) in [5.74, 6) is -0.0674. The lowest BCUT2D eigenvalue weighted by molar-refractivity contribution is 0.0922. The number of aromatic nitrogens is 2. The molecule has 0 atom stereocenters. The molecule has 1 aliphatic rings. The maximum absolute atomic E-state index is 12.5. The Bertz CT molecular complexity index is 911. The SMILES string of the molecule is O=C(NC1CCCCC1)c1cc(NCCc2c[nH]c3ccccc23)ccn1. The minimum Gasteiger partial charge on any atom is -0.385 e. The molecule has 2 aromatic heterocycles. The molecule has 2 heterocycles. The van der Waals surface area contributed by atoms with Crippen molar-refractivity contribution in [2.24, 2.45) is 0 Å². The van der Waals surface area contributed by atoms with Crippen molar-refractivity contribution in [1.82, 2.24) is 15.3 Å². The molecule has 3 N–H and O–H groups in total. The molecular weight excluding hydrogens is 336 g/mol. The number of rotatable bonds is 6. The number of carbonyl (C=O) groups is 1. The van der Waals surface area contributed by atoms with Gasteiger partial charge in [0.2, 0.25) is 0 Å². The van der Waals surface area contributed by atoms with Crippen molar-refractivity contribution < 1.29 is 4.79 Å². The zero-order chi connectivity index (χ0) is 18.5. The Morgan fingerprint density at radius 2 is 2.00 bits per heavy atom. The molecule has 140 valence electrons. The Balaban J connectivity index is 1.34. The zero-order valence-electron chi connectivity index (χ0n) is 15.5. The van der Waals surface area contributed by atoms with Crippen molar-refractivity contribution in [3.05, 3.63) is 60.0 Å². The van der Waals surface area contributed by atoms with Crippen LogP contribution in [0.25, 0.3) is 10.9 Å². The van der Waals surface area contributed by atoms with Crippen molar-refractivity contribution in [2.45, 2.75) is 44.6 Å². The van der Waals surface area contributed by atoms with Crippen molar-refractivity contribution in [3.63, 3.8) is 0 Å². The van der Waals surface area contributed by atoms with E-state index in [0.29, 0.717) is 11.7 Å². The number of nitrogens with zero attached hydrogens (tertiary/aromatic N) is 1. The minimum absolute atomic E-state index is 0.0674. The fourth-order valence-corrected chi connectivity index (χ4v) is 3.85. The van der Waals surface area contributed by atoms with E-state index in [1.165, 1.54) is 30.2 Å². The van der Waals surface area contributed by atoms with Crippen LogP contribution in [0.2, 0.25) is 0 Å². The van der Waals surface area contributed by atoms with Gasteiger partial charge in [-0.1, -0.05) is 37.5 Å². The minimum atomic E-state index is -0.0674. The van der Waals surface area contributed by atoms with Crippen LogP contribution < -0.4 is 10.6 Å². The van der Waals surface area contributed by atoms with Gasteiger partial charge in [-0.2, -0.15) is 0 Å². The summed E-state index contributed by atoms with van der Waals surface area (Å²) in [5.41, 5.74) is 3.87. The molecule has 0 unspecified atom stereocenters. The highest BCUT2D eigenvalue weighted by molar-refractivity contribution is 5.93. The Labute approximate surface area is 159 Å². The molecule has 1 amide bonds. The number of pyridine rings is 1. The molecule has 0 radical (unpaired) electrons. The highest BCUT2D eigenvalue weighted by Gasteiger charge is 2.17. The molecule has 1 fully saturated rings. The number of benzene rings is 1. The first-order chi connectivity index (χ1) is 13.3. The second-order valence-electron chi connectivity index (χ2n) is 7.27. The van der Waals surface area contributed by atoms with Gasteiger partial charge in [-0.15, -0.1) is 0 Å². The summed E-state index contributed by atoms with van der Waals surface area (Å²) in [4.78, 5) is 20.0. The first-order valence-electron chi connectivity index (χ1n) is 9.85. The van der Waals surface area contributed by atoms with Crippen LogP contribution in [0, 0.1) is 0 Å². The number of para-hydroxylation sites is 1. The summed E-state index contributed by atoms with van der Waals surface area (Å²) in [6.45, 7) is 0.801. The normalized spacial score (nSPS) is 15.0. The maximum Gasteiger partial charge on any atom is 0.270 e. The number of anilines is 1. The molecule has 4 rings (SSSR count). The second-order valence-corrected chi connectivity index (χ2v) is 7.27. The summed E-state index contributed by atoms with van der Waals surface area (Å²) < 4.78 is 0. The molecular formula is C22H26N4O. The predicted octanol–water partition coefficient (Wildman–Crippen LogP) is 4.28. The van der Waals surface area contributed by atoms with Gasteiger partial charge >= 0.3 is 0 Å². The molecule has 1 saturated carbocycles. The van der Waals surface area contributed by atoms with E-state index in [4.69, 9.17) is 0 Å². The largest absolute Gasteiger partial charge is 0.385 e. The Kier molecular flexibility index (Phi) is 5.37. The number of amides is 1. The third-order valence-corrected chi connectivity index (χ3v) is 5.33. The molecule has 5 heteroatoms. The Hall–Kier alpha value is -2.82. The number of aromatic amines is 1. The number of nitrogens with one attached hydrogen (secondary N) is 3. The van der Waals surface area contributed by atoms with E-state index in [2.05, 4.69) is 45.0 Å². The smallest absolute Gasteiger partial charge is 0.270 e. The maximum atomic E-state index is 12.5. The highest BCUT2D eigenvalue weighted by atomic mass is 16.1. The van der Waals surface area contributed by atoms with Crippen LogP contribution in [0.3, 0.4) is 0 Å². The lowest BCUT2D eigenvalue weighted by Crippen LogP contribution is -2.36. The van der Waals surface area contributed by atoms with Gasteiger partial charge in [-0.3, -0.25) is 9.78 Å². The second kappa shape index (κ2) is 8.25. The number of carbonyl (C=O) groups excluding carboxylic acids is 1. The predicted molar refractivity (Wildman–Crippen MR) is 109 cm³/mol. The molecule has 0 aliphatic heterocycles. The van der Waals surface area contributed by atoms with Crippen LogP contribution in [0.4, 0.5) is 5.69 Å². The van der Waals surface area contributed by atoms with Crippen LogP contribution in [0.15, 0.2) is 48.8 Å². The molecule has 1 aromatic carbocycles. The quantitative estimate of drug-likeness (QED) is 0.613. The van der Waals surface area contributed by atoms with Crippen LogP contribution in [-0.2, 0) is 6.42 Å². The molecule has 27 heavy (non-hydrogen) atoms. The highest BCUT2D eigenvalue weighted by Crippen LogP contribution is 2.19. The standard InChI is InChI=1S/C22H26N4O/c27-22(26-17-6-2-1-3-7-17)21-14-18(11-13-24-21)23-12-10-16-15-25-20-9-5-4-8-19(16)20/h4-5,8-9,11,13-15,17,25H,1-3,6-7,10,12H2,(H,23,24)(H,26,27). The van der Waals surface area contributed by atoms with E-state index in [-0.39, 0.29) is 5.91 Å². The molecule has 0 spiro atoms. The van der Waals surface area contributed by atoms with Crippen LogP contribution >= 0.6 is 0 Å². The van der Waals surface area contributed by atoms with Gasteiger partial charge in [0.15, 0.2) is 0 Å². The Morgan fingerprint density at radius 1 is 1.15 bits per heavy atom. The fraction of sp³-hybridized carbons (Fsp3) is 0.364. The third kappa shape index (κ3) is 4.30. The van der Waals surface area contributed by atoms with Crippen molar-refractivity contribution in [2.75, 3.05) is 11.9 Å². The van der Waals surface area contributed by atoms with Crippen LogP contribution in [0.1, 0.15) is 48.2 Å². The summed E-state index contributed by atoms with van der Waals surface area (Å²) >= 11 is 0. The number of hydrogen-bond acceptors (Lipinski definition) is 3. The van der Waals surface area contributed by atoms with E-state index in [1.807, 2.05) is 18.2 Å². The topological polar surface area (TPSA) is 69.8 Å².